The van der Waals surface area contributed by atoms with Crippen LogP contribution in [0.2, 0.25) is 0 Å². The number of hydrogen-bond acceptors (Lipinski definition) is 2. The second-order valence-corrected chi connectivity index (χ2v) is 3.82. The number of aryl methyl sites for hydroxylation is 1. The number of nitrogens with zero attached hydrogens (tertiary/aromatic N) is 1. The van der Waals surface area contributed by atoms with Crippen molar-refractivity contribution in [1.82, 2.24) is 4.57 Å². The van der Waals surface area contributed by atoms with E-state index in [1.54, 1.807) is 6.07 Å². The average molecular weight is 219 g/mol. The summed E-state index contributed by atoms with van der Waals surface area (Å²) in [6, 6.07) is 7.40. The summed E-state index contributed by atoms with van der Waals surface area (Å²) in [7, 11) is 1.91. The number of benzene rings is 1. The third-order valence-corrected chi connectivity index (χ3v) is 2.69. The van der Waals surface area contributed by atoms with Crippen LogP contribution >= 0.6 is 0 Å². The first-order valence-corrected chi connectivity index (χ1v) is 5.03. The standard InChI is InChI=1S/C12H13NO3/c1-13-6-5-8-9(3-2-4-10(8)13)11(14)7-12(15)16/h2-6,11,14H,7H2,1H3,(H,15,16)/t11-/m1/s1. The van der Waals surface area contributed by atoms with Crippen molar-refractivity contribution in [2.24, 2.45) is 7.05 Å². The maximum absolute atomic E-state index is 10.6. The van der Waals surface area contributed by atoms with Gasteiger partial charge < -0.3 is 14.8 Å². The number of fused-ring (bicyclic) bond motifs is 1. The molecule has 4 nitrogen and oxygen atoms in total. The minimum Gasteiger partial charge on any atom is -0.481 e. The largest absolute Gasteiger partial charge is 0.481 e. The SMILES string of the molecule is Cn1ccc2c([C@H](O)CC(=O)O)cccc21. The molecular weight excluding hydrogens is 206 g/mol. The van der Waals surface area contributed by atoms with Crippen molar-refractivity contribution in [3.63, 3.8) is 0 Å². The second kappa shape index (κ2) is 3.98. The predicted octanol–water partition coefficient (Wildman–Crippen LogP) is 1.69. The first-order valence-electron chi connectivity index (χ1n) is 5.03. The van der Waals surface area contributed by atoms with Crippen LogP contribution in [0.5, 0.6) is 0 Å². The van der Waals surface area contributed by atoms with Crippen molar-refractivity contribution in [3.8, 4) is 0 Å². The number of aliphatic carboxylic acids is 1. The number of carboxylic acid groups (broad SMARTS) is 1. The Morgan fingerprint density at radius 3 is 2.88 bits per heavy atom. The fraction of sp³-hybridized carbons (Fsp3) is 0.250. The van der Waals surface area contributed by atoms with Gasteiger partial charge in [0.1, 0.15) is 0 Å². The molecule has 1 aromatic carbocycles. The molecule has 1 heterocycles. The second-order valence-electron chi connectivity index (χ2n) is 3.82. The van der Waals surface area contributed by atoms with Crippen LogP contribution in [-0.4, -0.2) is 20.7 Å². The molecule has 0 fully saturated rings. The number of carboxylic acids is 1. The van der Waals surface area contributed by atoms with Crippen molar-refractivity contribution in [2.75, 3.05) is 0 Å². The molecule has 0 radical (unpaired) electrons. The van der Waals surface area contributed by atoms with Crippen molar-refractivity contribution in [3.05, 3.63) is 36.0 Å². The Morgan fingerprint density at radius 1 is 1.44 bits per heavy atom. The van der Waals surface area contributed by atoms with Gasteiger partial charge in [-0.25, -0.2) is 0 Å². The maximum Gasteiger partial charge on any atom is 0.306 e. The summed E-state index contributed by atoms with van der Waals surface area (Å²) in [6.07, 6.45) is 0.666. The molecule has 0 bridgehead atoms. The summed E-state index contributed by atoms with van der Waals surface area (Å²) in [6.45, 7) is 0. The van der Waals surface area contributed by atoms with E-state index in [9.17, 15) is 9.90 Å². The molecule has 0 unspecified atom stereocenters. The summed E-state index contributed by atoms with van der Waals surface area (Å²) in [5.74, 6) is -1.000. The van der Waals surface area contributed by atoms with Crippen LogP contribution < -0.4 is 0 Å². The van der Waals surface area contributed by atoms with E-state index in [1.165, 1.54) is 0 Å². The van der Waals surface area contributed by atoms with E-state index in [2.05, 4.69) is 0 Å². The van der Waals surface area contributed by atoms with Crippen LogP contribution in [0.3, 0.4) is 0 Å². The lowest BCUT2D eigenvalue weighted by atomic mass is 10.0. The Hall–Kier alpha value is -1.81. The molecule has 84 valence electrons. The summed E-state index contributed by atoms with van der Waals surface area (Å²) < 4.78 is 1.94. The highest BCUT2D eigenvalue weighted by molar-refractivity contribution is 5.84. The van der Waals surface area contributed by atoms with Crippen molar-refractivity contribution < 1.29 is 15.0 Å². The summed E-state index contributed by atoms with van der Waals surface area (Å²) in [5, 5.41) is 19.4. The lowest BCUT2D eigenvalue weighted by Crippen LogP contribution is -2.05. The van der Waals surface area contributed by atoms with Gasteiger partial charge in [0, 0.05) is 24.1 Å². The molecule has 0 aliphatic heterocycles. The average Bonchev–Trinajstić information content (AvgIpc) is 2.59. The fourth-order valence-electron chi connectivity index (χ4n) is 1.89. The number of hydrogen-bond donors (Lipinski definition) is 2. The topological polar surface area (TPSA) is 62.5 Å². The number of carbonyl (C=O) groups is 1. The van der Waals surface area contributed by atoms with Gasteiger partial charge in [-0.15, -0.1) is 0 Å². The molecular formula is C12H13NO3. The highest BCUT2D eigenvalue weighted by atomic mass is 16.4. The third kappa shape index (κ3) is 1.79. The molecule has 1 aromatic heterocycles. The normalized spacial score (nSPS) is 12.9. The number of aliphatic hydroxyl groups is 1. The van der Waals surface area contributed by atoms with Gasteiger partial charge >= 0.3 is 5.97 Å². The molecule has 0 spiro atoms. The molecule has 2 N–H and O–H groups in total. The molecule has 2 rings (SSSR count). The summed E-state index contributed by atoms with van der Waals surface area (Å²) >= 11 is 0. The van der Waals surface area contributed by atoms with Gasteiger partial charge in [-0.05, 0) is 17.7 Å². The van der Waals surface area contributed by atoms with E-state index < -0.39 is 12.1 Å². The zero-order chi connectivity index (χ0) is 11.7. The zero-order valence-electron chi connectivity index (χ0n) is 8.92. The minimum absolute atomic E-state index is 0.270. The van der Waals surface area contributed by atoms with Crippen LogP contribution in [0.1, 0.15) is 18.1 Å². The Bertz CT molecular complexity index is 530. The van der Waals surface area contributed by atoms with Crippen molar-refractivity contribution in [1.29, 1.82) is 0 Å². The minimum atomic E-state index is -1.000. The molecule has 16 heavy (non-hydrogen) atoms. The van der Waals surface area contributed by atoms with Crippen LogP contribution in [-0.2, 0) is 11.8 Å². The Labute approximate surface area is 92.7 Å². The van der Waals surface area contributed by atoms with E-state index in [1.807, 2.05) is 36.0 Å². The smallest absolute Gasteiger partial charge is 0.306 e. The molecule has 0 saturated carbocycles. The van der Waals surface area contributed by atoms with Gasteiger partial charge in [0.2, 0.25) is 0 Å². The molecule has 4 heteroatoms. The molecule has 0 saturated heterocycles. The van der Waals surface area contributed by atoms with Gasteiger partial charge in [-0.1, -0.05) is 12.1 Å². The highest BCUT2D eigenvalue weighted by Crippen LogP contribution is 2.26. The Morgan fingerprint density at radius 2 is 2.19 bits per heavy atom. The number of rotatable bonds is 3. The quantitative estimate of drug-likeness (QED) is 0.825. The first kappa shape index (κ1) is 10.7. The zero-order valence-corrected chi connectivity index (χ0v) is 8.92. The van der Waals surface area contributed by atoms with Crippen molar-refractivity contribution >= 4 is 16.9 Å². The third-order valence-electron chi connectivity index (χ3n) is 2.69. The monoisotopic (exact) mass is 219 g/mol. The van der Waals surface area contributed by atoms with Gasteiger partial charge in [0.05, 0.1) is 12.5 Å². The first-order chi connectivity index (χ1) is 7.59. The van der Waals surface area contributed by atoms with E-state index >= 15 is 0 Å². The molecule has 0 amide bonds. The van der Waals surface area contributed by atoms with E-state index in [-0.39, 0.29) is 6.42 Å². The lowest BCUT2D eigenvalue weighted by molar-refractivity contribution is -0.139. The van der Waals surface area contributed by atoms with Crippen LogP contribution in [0.4, 0.5) is 0 Å². The highest BCUT2D eigenvalue weighted by Gasteiger charge is 2.15. The van der Waals surface area contributed by atoms with Crippen LogP contribution in [0, 0.1) is 0 Å². The molecule has 0 aliphatic carbocycles. The van der Waals surface area contributed by atoms with E-state index in [0.717, 1.165) is 10.9 Å². The summed E-state index contributed by atoms with van der Waals surface area (Å²) in [5.41, 5.74) is 1.66. The maximum atomic E-state index is 10.6. The van der Waals surface area contributed by atoms with Gasteiger partial charge in [0.25, 0.3) is 0 Å². The molecule has 2 aromatic rings. The Kier molecular flexibility index (Phi) is 2.66. The molecule has 1 atom stereocenters. The Balaban J connectivity index is 2.48. The summed E-state index contributed by atoms with van der Waals surface area (Å²) in [4.78, 5) is 10.6. The van der Waals surface area contributed by atoms with Crippen LogP contribution in [0.15, 0.2) is 30.5 Å². The fourth-order valence-corrected chi connectivity index (χ4v) is 1.89. The van der Waals surface area contributed by atoms with Gasteiger partial charge in [-0.2, -0.15) is 0 Å². The van der Waals surface area contributed by atoms with E-state index in [4.69, 9.17) is 5.11 Å². The van der Waals surface area contributed by atoms with Crippen LogP contribution in [0.25, 0.3) is 10.9 Å². The molecule has 0 aliphatic rings. The van der Waals surface area contributed by atoms with Gasteiger partial charge in [-0.3, -0.25) is 4.79 Å². The van der Waals surface area contributed by atoms with E-state index in [0.29, 0.717) is 5.56 Å². The van der Waals surface area contributed by atoms with Crippen molar-refractivity contribution in [2.45, 2.75) is 12.5 Å². The predicted molar refractivity (Wildman–Crippen MR) is 60.1 cm³/mol. The number of aromatic nitrogens is 1. The number of aliphatic hydroxyl groups excluding tert-OH is 1. The van der Waals surface area contributed by atoms with Gasteiger partial charge in [0.15, 0.2) is 0 Å². The lowest BCUT2D eigenvalue weighted by Gasteiger charge is -2.10.